The summed E-state index contributed by atoms with van der Waals surface area (Å²) in [4.78, 5) is 2.29. The molecule has 1 saturated heterocycles. The van der Waals surface area contributed by atoms with Gasteiger partial charge in [0.15, 0.2) is 0 Å². The second kappa shape index (κ2) is 4.60. The lowest BCUT2D eigenvalue weighted by atomic mass is 10.1. The number of nitrogens with zero attached hydrogens (tertiary/aromatic N) is 1. The van der Waals surface area contributed by atoms with E-state index in [-0.39, 0.29) is 6.10 Å². The van der Waals surface area contributed by atoms with E-state index in [0.717, 1.165) is 26.0 Å². The molecule has 3 nitrogen and oxygen atoms in total. The Balaban J connectivity index is 1.78. The van der Waals surface area contributed by atoms with Crippen molar-refractivity contribution >= 4 is 0 Å². The van der Waals surface area contributed by atoms with E-state index in [1.807, 2.05) is 0 Å². The van der Waals surface area contributed by atoms with Crippen LogP contribution < -0.4 is 0 Å². The van der Waals surface area contributed by atoms with Crippen molar-refractivity contribution in [2.75, 3.05) is 20.2 Å². The van der Waals surface area contributed by atoms with E-state index >= 15 is 0 Å². The van der Waals surface area contributed by atoms with Gasteiger partial charge in [-0.15, -0.1) is 0 Å². The van der Waals surface area contributed by atoms with Crippen molar-refractivity contribution in [3.8, 4) is 0 Å². The largest absolute Gasteiger partial charge is 0.391 e. The molecule has 0 spiro atoms. The Morgan fingerprint density at radius 2 is 2.14 bits per heavy atom. The number of likely N-dealkylation sites (N-methyl/N-ethyl adjacent to an activating group) is 1. The molecule has 1 heterocycles. The van der Waals surface area contributed by atoms with E-state index < -0.39 is 0 Å². The first kappa shape index (κ1) is 10.4. The molecule has 1 N–H and O–H groups in total. The van der Waals surface area contributed by atoms with Gasteiger partial charge >= 0.3 is 0 Å². The lowest BCUT2D eigenvalue weighted by Crippen LogP contribution is -2.41. The molecule has 0 aromatic rings. The summed E-state index contributed by atoms with van der Waals surface area (Å²) >= 11 is 0. The molecule has 0 aromatic heterocycles. The number of ether oxygens (including phenoxy) is 1. The van der Waals surface area contributed by atoms with Crippen molar-refractivity contribution < 1.29 is 9.84 Å². The maximum absolute atomic E-state index is 9.75. The highest BCUT2D eigenvalue weighted by Crippen LogP contribution is 2.24. The summed E-state index contributed by atoms with van der Waals surface area (Å²) < 4.78 is 5.60. The normalized spacial score (nSPS) is 38.4. The Kier molecular flexibility index (Phi) is 3.42. The summed E-state index contributed by atoms with van der Waals surface area (Å²) in [5.41, 5.74) is 0. The fourth-order valence-electron chi connectivity index (χ4n) is 2.68. The van der Waals surface area contributed by atoms with Crippen molar-refractivity contribution in [2.45, 2.75) is 50.4 Å². The Hall–Kier alpha value is -0.120. The van der Waals surface area contributed by atoms with Gasteiger partial charge in [0.05, 0.1) is 12.2 Å². The first-order valence-corrected chi connectivity index (χ1v) is 5.77. The van der Waals surface area contributed by atoms with Gasteiger partial charge in [0, 0.05) is 19.2 Å². The zero-order chi connectivity index (χ0) is 9.97. The second-order valence-corrected chi connectivity index (χ2v) is 4.64. The quantitative estimate of drug-likeness (QED) is 0.736. The SMILES string of the molecule is CN(CC1CCCO1)C1CCCC1O. The van der Waals surface area contributed by atoms with Gasteiger partial charge in [-0.3, -0.25) is 4.90 Å². The minimum Gasteiger partial charge on any atom is -0.391 e. The third-order valence-electron chi connectivity index (χ3n) is 3.53. The Labute approximate surface area is 86.0 Å². The standard InChI is InChI=1S/C11H21NO2/c1-12(8-9-4-3-7-14-9)10-5-2-6-11(10)13/h9-11,13H,2-8H2,1H3. The molecule has 0 amide bonds. The Morgan fingerprint density at radius 3 is 2.71 bits per heavy atom. The van der Waals surface area contributed by atoms with Gasteiger partial charge < -0.3 is 9.84 Å². The lowest BCUT2D eigenvalue weighted by Gasteiger charge is -2.28. The lowest BCUT2D eigenvalue weighted by molar-refractivity contribution is 0.0365. The third-order valence-corrected chi connectivity index (χ3v) is 3.53. The molecule has 3 unspecified atom stereocenters. The van der Waals surface area contributed by atoms with E-state index in [9.17, 15) is 5.11 Å². The minimum absolute atomic E-state index is 0.110. The monoisotopic (exact) mass is 199 g/mol. The predicted octanol–water partition coefficient (Wildman–Crippen LogP) is 1.01. The summed E-state index contributed by atoms with van der Waals surface area (Å²) in [6.07, 6.45) is 5.97. The van der Waals surface area contributed by atoms with Gasteiger partial charge in [-0.25, -0.2) is 0 Å². The highest BCUT2D eigenvalue weighted by atomic mass is 16.5. The molecule has 2 fully saturated rings. The predicted molar refractivity (Wildman–Crippen MR) is 55.2 cm³/mol. The van der Waals surface area contributed by atoms with Crippen LogP contribution in [0.3, 0.4) is 0 Å². The molecule has 1 aliphatic carbocycles. The molecular formula is C11H21NO2. The van der Waals surface area contributed by atoms with Crippen LogP contribution in [0.25, 0.3) is 0 Å². The summed E-state index contributed by atoms with van der Waals surface area (Å²) in [5.74, 6) is 0. The Morgan fingerprint density at radius 1 is 1.29 bits per heavy atom. The maximum Gasteiger partial charge on any atom is 0.0702 e. The van der Waals surface area contributed by atoms with E-state index in [4.69, 9.17) is 4.74 Å². The van der Waals surface area contributed by atoms with Crippen molar-refractivity contribution in [1.29, 1.82) is 0 Å². The summed E-state index contributed by atoms with van der Waals surface area (Å²) in [5, 5.41) is 9.75. The first-order valence-electron chi connectivity index (χ1n) is 5.77. The number of hydrogen-bond donors (Lipinski definition) is 1. The van der Waals surface area contributed by atoms with Crippen LogP contribution in [0.2, 0.25) is 0 Å². The third kappa shape index (κ3) is 2.27. The van der Waals surface area contributed by atoms with Crippen LogP contribution in [0.4, 0.5) is 0 Å². The highest BCUT2D eigenvalue weighted by Gasteiger charge is 2.30. The van der Waals surface area contributed by atoms with Crippen LogP contribution in [-0.4, -0.2) is 48.5 Å². The van der Waals surface area contributed by atoms with E-state index in [1.54, 1.807) is 0 Å². The molecule has 0 bridgehead atoms. The second-order valence-electron chi connectivity index (χ2n) is 4.64. The average Bonchev–Trinajstić information content (AvgIpc) is 2.75. The number of aliphatic hydroxyl groups excluding tert-OH is 1. The molecule has 1 aliphatic heterocycles. The minimum atomic E-state index is -0.110. The molecule has 2 aliphatic rings. The molecule has 0 aromatic carbocycles. The van der Waals surface area contributed by atoms with Gasteiger partial charge in [-0.1, -0.05) is 0 Å². The van der Waals surface area contributed by atoms with Gasteiger partial charge in [0.25, 0.3) is 0 Å². The molecular weight excluding hydrogens is 178 g/mol. The van der Waals surface area contributed by atoms with Crippen molar-refractivity contribution in [3.05, 3.63) is 0 Å². The van der Waals surface area contributed by atoms with E-state index in [2.05, 4.69) is 11.9 Å². The first-order chi connectivity index (χ1) is 6.77. The van der Waals surface area contributed by atoms with Gasteiger partial charge in [0.2, 0.25) is 0 Å². The van der Waals surface area contributed by atoms with Gasteiger partial charge in [-0.2, -0.15) is 0 Å². The number of aliphatic hydroxyl groups is 1. The Bertz CT molecular complexity index is 180. The molecule has 3 atom stereocenters. The number of rotatable bonds is 3. The van der Waals surface area contributed by atoms with Crippen LogP contribution in [0.5, 0.6) is 0 Å². The molecule has 14 heavy (non-hydrogen) atoms. The fraction of sp³-hybridized carbons (Fsp3) is 1.00. The van der Waals surface area contributed by atoms with Crippen LogP contribution in [0, 0.1) is 0 Å². The van der Waals surface area contributed by atoms with Gasteiger partial charge in [-0.05, 0) is 39.2 Å². The zero-order valence-electron chi connectivity index (χ0n) is 8.98. The van der Waals surface area contributed by atoms with Crippen molar-refractivity contribution in [2.24, 2.45) is 0 Å². The molecule has 82 valence electrons. The summed E-state index contributed by atoms with van der Waals surface area (Å²) in [7, 11) is 2.11. The van der Waals surface area contributed by atoms with Crippen LogP contribution in [0.1, 0.15) is 32.1 Å². The zero-order valence-corrected chi connectivity index (χ0v) is 8.98. The molecule has 3 heteroatoms. The summed E-state index contributed by atoms with van der Waals surface area (Å²) in [6, 6.07) is 0.374. The smallest absolute Gasteiger partial charge is 0.0702 e. The molecule has 1 saturated carbocycles. The van der Waals surface area contributed by atoms with Crippen molar-refractivity contribution in [3.63, 3.8) is 0 Å². The van der Waals surface area contributed by atoms with Crippen molar-refractivity contribution in [1.82, 2.24) is 4.90 Å². The number of hydrogen-bond acceptors (Lipinski definition) is 3. The maximum atomic E-state index is 9.75. The van der Waals surface area contributed by atoms with Gasteiger partial charge in [0.1, 0.15) is 0 Å². The molecule has 0 radical (unpaired) electrons. The molecule has 2 rings (SSSR count). The average molecular weight is 199 g/mol. The van der Waals surface area contributed by atoms with Crippen LogP contribution >= 0.6 is 0 Å². The fourth-order valence-corrected chi connectivity index (χ4v) is 2.68. The highest BCUT2D eigenvalue weighted by molar-refractivity contribution is 4.85. The summed E-state index contributed by atoms with van der Waals surface area (Å²) in [6.45, 7) is 1.91. The van der Waals surface area contributed by atoms with Crippen LogP contribution in [0.15, 0.2) is 0 Å². The van der Waals surface area contributed by atoms with E-state index in [0.29, 0.717) is 12.1 Å². The van der Waals surface area contributed by atoms with E-state index in [1.165, 1.54) is 19.3 Å². The topological polar surface area (TPSA) is 32.7 Å². The van der Waals surface area contributed by atoms with Crippen LogP contribution in [-0.2, 0) is 4.74 Å².